The van der Waals surface area contributed by atoms with E-state index in [-0.39, 0.29) is 5.82 Å². The van der Waals surface area contributed by atoms with Crippen molar-refractivity contribution in [2.45, 2.75) is 32.0 Å². The van der Waals surface area contributed by atoms with Gasteiger partial charge in [-0.15, -0.1) is 0 Å². The zero-order valence-corrected chi connectivity index (χ0v) is 11.1. The molecule has 0 amide bonds. The van der Waals surface area contributed by atoms with Gasteiger partial charge in [0.1, 0.15) is 11.6 Å². The Kier molecular flexibility index (Phi) is 3.34. The summed E-state index contributed by atoms with van der Waals surface area (Å²) >= 11 is 0. The third kappa shape index (κ3) is 2.84. The Hall–Kier alpha value is -1.68. The van der Waals surface area contributed by atoms with Crippen molar-refractivity contribution in [2.75, 3.05) is 0 Å². The van der Waals surface area contributed by atoms with E-state index in [2.05, 4.69) is 9.88 Å². The molecule has 1 aliphatic rings. The van der Waals surface area contributed by atoms with Crippen LogP contribution in [0.25, 0.3) is 0 Å². The summed E-state index contributed by atoms with van der Waals surface area (Å²) in [5.41, 5.74) is 0.767. The highest BCUT2D eigenvalue weighted by Gasteiger charge is 2.30. The van der Waals surface area contributed by atoms with E-state index in [1.807, 2.05) is 36.1 Å². The van der Waals surface area contributed by atoms with Crippen LogP contribution in [0.1, 0.15) is 24.2 Å². The van der Waals surface area contributed by atoms with Crippen LogP contribution in [-0.4, -0.2) is 20.5 Å². The first kappa shape index (κ1) is 12.4. The quantitative estimate of drug-likeness (QED) is 0.823. The second-order valence-electron chi connectivity index (χ2n) is 5.18. The van der Waals surface area contributed by atoms with Crippen LogP contribution < -0.4 is 0 Å². The molecule has 19 heavy (non-hydrogen) atoms. The molecule has 1 aromatic carbocycles. The van der Waals surface area contributed by atoms with E-state index in [9.17, 15) is 4.39 Å². The molecule has 3 rings (SSSR count). The molecule has 100 valence electrons. The molecule has 0 aliphatic heterocycles. The van der Waals surface area contributed by atoms with Gasteiger partial charge in [0.05, 0.1) is 6.54 Å². The van der Waals surface area contributed by atoms with Crippen molar-refractivity contribution in [1.82, 2.24) is 14.5 Å². The number of rotatable bonds is 5. The van der Waals surface area contributed by atoms with Crippen LogP contribution in [0.15, 0.2) is 36.7 Å². The topological polar surface area (TPSA) is 21.1 Å². The Labute approximate surface area is 112 Å². The van der Waals surface area contributed by atoms with E-state index < -0.39 is 0 Å². The molecule has 0 spiro atoms. The van der Waals surface area contributed by atoms with Gasteiger partial charge in [0.15, 0.2) is 0 Å². The lowest BCUT2D eigenvalue weighted by Crippen LogP contribution is -2.27. The van der Waals surface area contributed by atoms with Crippen molar-refractivity contribution >= 4 is 0 Å². The van der Waals surface area contributed by atoms with E-state index in [0.717, 1.165) is 17.9 Å². The summed E-state index contributed by atoms with van der Waals surface area (Å²) in [7, 11) is 2.00. The SMILES string of the molecule is Cn1ccnc1CN(Cc1ccccc1F)C1CC1. The highest BCUT2D eigenvalue weighted by molar-refractivity contribution is 5.17. The molecule has 3 nitrogen and oxygen atoms in total. The number of hydrogen-bond acceptors (Lipinski definition) is 2. The Bertz CT molecular complexity index is 560. The summed E-state index contributed by atoms with van der Waals surface area (Å²) < 4.78 is 15.8. The Morgan fingerprint density at radius 3 is 2.74 bits per heavy atom. The van der Waals surface area contributed by atoms with Gasteiger partial charge in [-0.2, -0.15) is 0 Å². The summed E-state index contributed by atoms with van der Waals surface area (Å²) in [5.74, 6) is 0.913. The maximum atomic E-state index is 13.7. The molecule has 2 aromatic rings. The molecule has 0 saturated heterocycles. The van der Waals surface area contributed by atoms with Gasteiger partial charge in [0, 0.05) is 37.6 Å². The van der Waals surface area contributed by atoms with Crippen LogP contribution in [0.2, 0.25) is 0 Å². The van der Waals surface area contributed by atoms with Gasteiger partial charge in [0.2, 0.25) is 0 Å². The van der Waals surface area contributed by atoms with E-state index >= 15 is 0 Å². The van der Waals surface area contributed by atoms with Crippen LogP contribution >= 0.6 is 0 Å². The van der Waals surface area contributed by atoms with Gasteiger partial charge in [0.25, 0.3) is 0 Å². The Balaban J connectivity index is 1.75. The van der Waals surface area contributed by atoms with Crippen molar-refractivity contribution in [1.29, 1.82) is 0 Å². The third-order valence-corrected chi connectivity index (χ3v) is 3.66. The summed E-state index contributed by atoms with van der Waals surface area (Å²) in [5, 5.41) is 0. The van der Waals surface area contributed by atoms with E-state index in [4.69, 9.17) is 0 Å². The predicted octanol–water partition coefficient (Wildman–Crippen LogP) is 2.72. The minimum Gasteiger partial charge on any atom is -0.337 e. The molecule has 0 bridgehead atoms. The zero-order chi connectivity index (χ0) is 13.2. The van der Waals surface area contributed by atoms with Crippen LogP contribution in [-0.2, 0) is 20.1 Å². The van der Waals surface area contributed by atoms with Crippen LogP contribution in [0.5, 0.6) is 0 Å². The highest BCUT2D eigenvalue weighted by Crippen LogP contribution is 2.29. The van der Waals surface area contributed by atoms with Gasteiger partial charge in [-0.25, -0.2) is 9.37 Å². The number of aromatic nitrogens is 2. The average Bonchev–Trinajstić information content (AvgIpc) is 3.17. The predicted molar refractivity (Wildman–Crippen MR) is 71.9 cm³/mol. The van der Waals surface area contributed by atoms with Crippen molar-refractivity contribution in [3.05, 3.63) is 53.9 Å². The van der Waals surface area contributed by atoms with Crippen molar-refractivity contribution in [3.63, 3.8) is 0 Å². The number of aryl methyl sites for hydroxylation is 1. The monoisotopic (exact) mass is 259 g/mol. The number of imidazole rings is 1. The average molecular weight is 259 g/mol. The van der Waals surface area contributed by atoms with Gasteiger partial charge in [-0.05, 0) is 18.9 Å². The fourth-order valence-electron chi connectivity index (χ4n) is 2.33. The normalized spacial score (nSPS) is 15.1. The second kappa shape index (κ2) is 5.13. The van der Waals surface area contributed by atoms with Gasteiger partial charge in [-0.3, -0.25) is 4.90 Å². The van der Waals surface area contributed by atoms with Gasteiger partial charge < -0.3 is 4.57 Å². The summed E-state index contributed by atoms with van der Waals surface area (Å²) in [4.78, 5) is 6.68. The van der Waals surface area contributed by atoms with Crippen molar-refractivity contribution in [3.8, 4) is 0 Å². The maximum Gasteiger partial charge on any atom is 0.127 e. The summed E-state index contributed by atoms with van der Waals surface area (Å²) in [6.07, 6.45) is 6.17. The lowest BCUT2D eigenvalue weighted by atomic mass is 10.2. The highest BCUT2D eigenvalue weighted by atomic mass is 19.1. The number of hydrogen-bond donors (Lipinski definition) is 0. The molecule has 1 aliphatic carbocycles. The van der Waals surface area contributed by atoms with Crippen molar-refractivity contribution < 1.29 is 4.39 Å². The molecule has 0 atom stereocenters. The van der Waals surface area contributed by atoms with Crippen LogP contribution in [0.3, 0.4) is 0 Å². The van der Waals surface area contributed by atoms with Crippen LogP contribution in [0, 0.1) is 5.82 Å². The Morgan fingerprint density at radius 2 is 2.11 bits per heavy atom. The maximum absolute atomic E-state index is 13.7. The second-order valence-corrected chi connectivity index (χ2v) is 5.18. The molecule has 1 aromatic heterocycles. The molecule has 0 N–H and O–H groups in total. The smallest absolute Gasteiger partial charge is 0.127 e. The first-order chi connectivity index (χ1) is 9.24. The van der Waals surface area contributed by atoms with Crippen LogP contribution in [0.4, 0.5) is 4.39 Å². The first-order valence-electron chi connectivity index (χ1n) is 6.67. The van der Waals surface area contributed by atoms with Crippen molar-refractivity contribution in [2.24, 2.45) is 7.05 Å². The molecule has 1 fully saturated rings. The van der Waals surface area contributed by atoms with E-state index in [1.165, 1.54) is 18.9 Å². The largest absolute Gasteiger partial charge is 0.337 e. The fraction of sp³-hybridized carbons (Fsp3) is 0.400. The van der Waals surface area contributed by atoms with Gasteiger partial charge in [-0.1, -0.05) is 18.2 Å². The zero-order valence-electron chi connectivity index (χ0n) is 11.1. The minimum absolute atomic E-state index is 0.118. The summed E-state index contributed by atoms with van der Waals surface area (Å²) in [6.45, 7) is 1.44. The van der Waals surface area contributed by atoms with E-state index in [0.29, 0.717) is 12.6 Å². The third-order valence-electron chi connectivity index (χ3n) is 3.66. The fourth-order valence-corrected chi connectivity index (χ4v) is 2.33. The first-order valence-corrected chi connectivity index (χ1v) is 6.67. The van der Waals surface area contributed by atoms with E-state index in [1.54, 1.807) is 6.07 Å². The molecular formula is C15H18FN3. The standard InChI is InChI=1S/C15H18FN3/c1-18-9-8-17-15(18)11-19(13-6-7-13)10-12-4-2-3-5-14(12)16/h2-5,8-9,13H,6-7,10-11H2,1H3. The molecule has 1 saturated carbocycles. The lowest BCUT2D eigenvalue weighted by Gasteiger charge is -2.22. The lowest BCUT2D eigenvalue weighted by molar-refractivity contribution is 0.234. The molecule has 0 unspecified atom stereocenters. The minimum atomic E-state index is -0.118. The number of benzene rings is 1. The number of halogens is 1. The number of nitrogens with zero attached hydrogens (tertiary/aromatic N) is 3. The Morgan fingerprint density at radius 1 is 1.32 bits per heavy atom. The van der Waals surface area contributed by atoms with Gasteiger partial charge >= 0.3 is 0 Å². The summed E-state index contributed by atoms with van der Waals surface area (Å²) in [6, 6.07) is 7.60. The molecule has 4 heteroatoms. The molecular weight excluding hydrogens is 241 g/mol. The molecule has 0 radical (unpaired) electrons. The molecule has 1 heterocycles.